The summed E-state index contributed by atoms with van der Waals surface area (Å²) in [4.78, 5) is 11.0. The van der Waals surface area contributed by atoms with Crippen molar-refractivity contribution in [3.63, 3.8) is 0 Å². The van der Waals surface area contributed by atoms with Gasteiger partial charge in [-0.15, -0.1) is 0 Å². The molecule has 8 heteroatoms. The Labute approximate surface area is 141 Å². The van der Waals surface area contributed by atoms with Crippen LogP contribution in [0.3, 0.4) is 0 Å². The van der Waals surface area contributed by atoms with Crippen LogP contribution in [0.4, 0.5) is 0 Å². The van der Waals surface area contributed by atoms with Crippen LogP contribution >= 0.6 is 0 Å². The Balaban J connectivity index is 1.84. The molecule has 2 aliphatic rings. The number of unbranched alkanes of at least 4 members (excludes halogenated alkanes) is 2. The number of ether oxygens (including phenoxy) is 3. The summed E-state index contributed by atoms with van der Waals surface area (Å²) in [7, 11) is 1.34. The Morgan fingerprint density at radius 2 is 1.83 bits per heavy atom. The van der Waals surface area contributed by atoms with Crippen molar-refractivity contribution in [3.05, 3.63) is 0 Å². The van der Waals surface area contributed by atoms with Gasteiger partial charge < -0.3 is 34.6 Å². The molecule has 140 valence electrons. The minimum absolute atomic E-state index is 0.259. The van der Waals surface area contributed by atoms with E-state index in [0.29, 0.717) is 19.3 Å². The lowest BCUT2D eigenvalue weighted by Gasteiger charge is -2.38. The van der Waals surface area contributed by atoms with Crippen LogP contribution in [-0.4, -0.2) is 76.4 Å². The second-order valence-corrected chi connectivity index (χ2v) is 7.04. The van der Waals surface area contributed by atoms with Gasteiger partial charge in [-0.2, -0.15) is 0 Å². The summed E-state index contributed by atoms with van der Waals surface area (Å²) in [6.07, 6.45) is -1.21. The third kappa shape index (κ3) is 2.65. The van der Waals surface area contributed by atoms with Gasteiger partial charge in [0, 0.05) is 18.4 Å². The Kier molecular flexibility index (Phi) is 5.59. The van der Waals surface area contributed by atoms with E-state index in [0.717, 1.165) is 6.42 Å². The Bertz CT molecular complexity index is 467. The van der Waals surface area contributed by atoms with Gasteiger partial charge in [0.2, 0.25) is 0 Å². The maximum absolute atomic E-state index is 11.0. The fraction of sp³-hybridized carbons (Fsp3) is 0.938. The van der Waals surface area contributed by atoms with E-state index in [1.807, 2.05) is 0 Å². The molecule has 2 fully saturated rings. The van der Waals surface area contributed by atoms with Gasteiger partial charge in [0.1, 0.15) is 23.4 Å². The number of carbonyl (C=O) groups excluding carboxylic acids is 1. The fourth-order valence-corrected chi connectivity index (χ4v) is 3.83. The van der Waals surface area contributed by atoms with Gasteiger partial charge in [-0.1, -0.05) is 20.3 Å². The van der Waals surface area contributed by atoms with Crippen molar-refractivity contribution in [2.45, 2.75) is 69.2 Å². The van der Waals surface area contributed by atoms with Crippen LogP contribution in [0.1, 0.15) is 39.5 Å². The van der Waals surface area contributed by atoms with Gasteiger partial charge in [-0.25, -0.2) is 0 Å². The number of aliphatic hydroxyl groups excluding tert-OH is 2. The van der Waals surface area contributed by atoms with Crippen LogP contribution in [0.15, 0.2) is 0 Å². The van der Waals surface area contributed by atoms with Gasteiger partial charge in [-0.3, -0.25) is 4.79 Å². The summed E-state index contributed by atoms with van der Waals surface area (Å²) < 4.78 is 15.5. The molecule has 0 unspecified atom stereocenters. The van der Waals surface area contributed by atoms with E-state index in [1.165, 1.54) is 7.11 Å². The number of rotatable bonds is 8. The van der Waals surface area contributed by atoms with Gasteiger partial charge >= 0.3 is 5.97 Å². The minimum Gasteiger partial charge on any atom is -0.469 e. The molecule has 2 rings (SSSR count). The maximum atomic E-state index is 11.0. The van der Waals surface area contributed by atoms with E-state index in [-0.39, 0.29) is 12.6 Å². The summed E-state index contributed by atoms with van der Waals surface area (Å²) in [6, 6.07) is 0. The molecule has 0 bridgehead atoms. The Hall–Kier alpha value is -0.770. The smallest absolute Gasteiger partial charge is 0.305 e. The average molecular weight is 348 g/mol. The molecule has 24 heavy (non-hydrogen) atoms. The normalized spacial score (nSPS) is 40.0. The van der Waals surface area contributed by atoms with E-state index in [9.17, 15) is 25.2 Å². The highest BCUT2D eigenvalue weighted by atomic mass is 16.7. The first-order valence-corrected chi connectivity index (χ1v) is 8.26. The molecule has 0 spiro atoms. The lowest BCUT2D eigenvalue weighted by molar-refractivity contribution is -0.301. The van der Waals surface area contributed by atoms with Gasteiger partial charge in [-0.05, 0) is 12.8 Å². The third-order valence-corrected chi connectivity index (χ3v) is 5.58. The van der Waals surface area contributed by atoms with E-state index >= 15 is 0 Å². The molecule has 4 N–H and O–H groups in total. The largest absolute Gasteiger partial charge is 0.469 e. The number of hydrogen-bond acceptors (Lipinski definition) is 8. The number of hydrogen-bond donors (Lipinski definition) is 4. The van der Waals surface area contributed by atoms with Crippen LogP contribution in [0.5, 0.6) is 0 Å². The summed E-state index contributed by atoms with van der Waals surface area (Å²) in [5.41, 5.74) is -4.53. The Morgan fingerprint density at radius 3 is 2.42 bits per heavy atom. The summed E-state index contributed by atoms with van der Waals surface area (Å²) in [5, 5.41) is 41.1. The summed E-state index contributed by atoms with van der Waals surface area (Å²) in [5.74, 6) is -0.259. The molecule has 5 atom stereocenters. The SMILES string of the molecule is COC(=O)CCCCCO[C@@H]1O[C@H](CO)[C@@]2(O)C(C)(C)[C@@]2(O)[C@H]1O. The lowest BCUT2D eigenvalue weighted by atomic mass is 9.99. The molecule has 0 radical (unpaired) electrons. The van der Waals surface area contributed by atoms with Crippen molar-refractivity contribution in [1.82, 2.24) is 0 Å². The molecule has 8 nitrogen and oxygen atoms in total. The van der Waals surface area contributed by atoms with Gasteiger partial charge in [0.25, 0.3) is 0 Å². The molecule has 1 aliphatic carbocycles. The van der Waals surface area contributed by atoms with Crippen LogP contribution in [0, 0.1) is 5.41 Å². The van der Waals surface area contributed by atoms with Crippen molar-refractivity contribution in [2.24, 2.45) is 5.41 Å². The van der Waals surface area contributed by atoms with Crippen molar-refractivity contribution in [3.8, 4) is 0 Å². The lowest BCUT2D eigenvalue weighted by Crippen LogP contribution is -2.59. The van der Waals surface area contributed by atoms with Crippen LogP contribution < -0.4 is 0 Å². The topological polar surface area (TPSA) is 126 Å². The molecule has 1 aliphatic heterocycles. The van der Waals surface area contributed by atoms with Crippen molar-refractivity contribution in [2.75, 3.05) is 20.3 Å². The van der Waals surface area contributed by atoms with E-state index in [2.05, 4.69) is 4.74 Å². The fourth-order valence-electron chi connectivity index (χ4n) is 3.83. The maximum Gasteiger partial charge on any atom is 0.305 e. The van der Waals surface area contributed by atoms with E-state index in [1.54, 1.807) is 13.8 Å². The number of carbonyl (C=O) groups is 1. The summed E-state index contributed by atoms with van der Waals surface area (Å²) >= 11 is 0. The molecule has 0 aromatic carbocycles. The molecular formula is C16H28O8. The number of aliphatic hydroxyl groups is 4. The van der Waals surface area contributed by atoms with Crippen LogP contribution in [0.25, 0.3) is 0 Å². The van der Waals surface area contributed by atoms with Crippen LogP contribution in [-0.2, 0) is 19.0 Å². The zero-order chi connectivity index (χ0) is 18.2. The average Bonchev–Trinajstić information content (AvgIpc) is 2.93. The summed E-state index contributed by atoms with van der Waals surface area (Å²) in [6.45, 7) is 2.98. The van der Waals surface area contributed by atoms with Crippen molar-refractivity contribution < 1.29 is 39.4 Å². The molecule has 0 aromatic rings. The van der Waals surface area contributed by atoms with Gasteiger partial charge in [0.15, 0.2) is 6.29 Å². The highest BCUT2D eigenvalue weighted by molar-refractivity contribution is 5.68. The zero-order valence-corrected chi connectivity index (χ0v) is 14.4. The van der Waals surface area contributed by atoms with Gasteiger partial charge in [0.05, 0.1) is 13.7 Å². The predicted molar refractivity (Wildman–Crippen MR) is 81.9 cm³/mol. The van der Waals surface area contributed by atoms with Crippen LogP contribution in [0.2, 0.25) is 0 Å². The molecule has 1 saturated heterocycles. The molecule has 0 amide bonds. The number of fused-ring (bicyclic) bond motifs is 1. The first-order chi connectivity index (χ1) is 11.2. The predicted octanol–water partition coefficient (Wildman–Crippen LogP) is -0.684. The third-order valence-electron chi connectivity index (χ3n) is 5.58. The van der Waals surface area contributed by atoms with Crippen molar-refractivity contribution in [1.29, 1.82) is 0 Å². The molecule has 0 aromatic heterocycles. The molecular weight excluding hydrogens is 320 g/mol. The molecule has 1 saturated carbocycles. The first-order valence-electron chi connectivity index (χ1n) is 8.26. The monoisotopic (exact) mass is 348 g/mol. The number of esters is 1. The van der Waals surface area contributed by atoms with E-state index < -0.39 is 41.7 Å². The zero-order valence-electron chi connectivity index (χ0n) is 14.4. The first kappa shape index (κ1) is 19.6. The second kappa shape index (κ2) is 6.86. The number of methoxy groups -OCH3 is 1. The standard InChI is InChI=1S/C16H28O8/c1-14(2)15(20)10(9-17)24-13(12(19)16(14,15)21)23-8-6-4-5-7-11(18)22-3/h10,12-13,17,19-21H,4-9H2,1-3H3/t10-,12+,13-,15-,16+/m1/s1. The van der Waals surface area contributed by atoms with E-state index in [4.69, 9.17) is 9.47 Å². The van der Waals surface area contributed by atoms with Crippen molar-refractivity contribution >= 4 is 5.97 Å². The highest BCUT2D eigenvalue weighted by Gasteiger charge is 2.90. The second-order valence-electron chi connectivity index (χ2n) is 7.04. The highest BCUT2D eigenvalue weighted by Crippen LogP contribution is 2.70. The molecule has 1 heterocycles. The Morgan fingerprint density at radius 1 is 1.17 bits per heavy atom. The minimum atomic E-state index is -1.79. The quantitative estimate of drug-likeness (QED) is 0.336.